The molecule has 0 fully saturated rings. The Kier molecular flexibility index (Phi) is 3.39. The Balaban J connectivity index is 0.000000195. The zero-order valence-electron chi connectivity index (χ0n) is 10.0. The van der Waals surface area contributed by atoms with Crippen LogP contribution in [0, 0.1) is 5.41 Å². The van der Waals surface area contributed by atoms with Crippen molar-refractivity contribution in [2.75, 3.05) is 0 Å². The standard InChI is InChI=1S/C6H6N4.C5H12/c1-10-4-9-5-2-7-3-8-6(5)10;1-5(2,3)4/h2-4H,1H3;1-4H3. The predicted octanol–water partition coefficient (Wildman–Crippen LogP) is 2.42. The van der Waals surface area contributed by atoms with Gasteiger partial charge in [-0.2, -0.15) is 0 Å². The van der Waals surface area contributed by atoms with Crippen molar-refractivity contribution in [1.29, 1.82) is 0 Å². The minimum atomic E-state index is 0.500. The van der Waals surface area contributed by atoms with E-state index in [4.69, 9.17) is 0 Å². The van der Waals surface area contributed by atoms with E-state index in [1.54, 1.807) is 12.5 Å². The van der Waals surface area contributed by atoms with Crippen LogP contribution in [0.2, 0.25) is 0 Å². The molecule has 0 saturated heterocycles. The predicted molar refractivity (Wildman–Crippen MR) is 61.4 cm³/mol. The van der Waals surface area contributed by atoms with E-state index in [1.807, 2.05) is 11.6 Å². The lowest BCUT2D eigenvalue weighted by Gasteiger charge is -2.05. The molecule has 0 atom stereocenters. The molecule has 0 amide bonds. The SMILES string of the molecule is CC(C)(C)C.Cn1cnc2cncnc21. The Hall–Kier alpha value is -1.45. The molecule has 0 N–H and O–H groups in total. The first-order chi connectivity index (χ1) is 6.88. The summed E-state index contributed by atoms with van der Waals surface area (Å²) in [6.07, 6.45) is 4.94. The monoisotopic (exact) mass is 206 g/mol. The topological polar surface area (TPSA) is 43.6 Å². The molecular formula is C11H18N4. The molecule has 0 bridgehead atoms. The fraction of sp³-hybridized carbons (Fsp3) is 0.545. The van der Waals surface area contributed by atoms with Crippen molar-refractivity contribution < 1.29 is 0 Å². The summed E-state index contributed by atoms with van der Waals surface area (Å²) in [6, 6.07) is 0. The van der Waals surface area contributed by atoms with Crippen molar-refractivity contribution in [3.8, 4) is 0 Å². The van der Waals surface area contributed by atoms with Crippen LogP contribution < -0.4 is 0 Å². The van der Waals surface area contributed by atoms with Crippen LogP contribution in [0.25, 0.3) is 11.2 Å². The smallest absolute Gasteiger partial charge is 0.162 e. The van der Waals surface area contributed by atoms with Crippen LogP contribution in [0.4, 0.5) is 0 Å². The number of hydrogen-bond donors (Lipinski definition) is 0. The van der Waals surface area contributed by atoms with Crippen molar-refractivity contribution in [2.45, 2.75) is 27.7 Å². The Labute approximate surface area is 90.4 Å². The Morgan fingerprint density at radius 1 is 1.13 bits per heavy atom. The zero-order chi connectivity index (χ0) is 11.5. The summed E-state index contributed by atoms with van der Waals surface area (Å²) in [7, 11) is 1.91. The largest absolute Gasteiger partial charge is 0.318 e. The molecule has 0 radical (unpaired) electrons. The third kappa shape index (κ3) is 4.06. The third-order valence-electron chi connectivity index (χ3n) is 1.38. The molecule has 2 heterocycles. The lowest BCUT2D eigenvalue weighted by Crippen LogP contribution is -1.93. The van der Waals surface area contributed by atoms with E-state index in [0.717, 1.165) is 11.2 Å². The lowest BCUT2D eigenvalue weighted by molar-refractivity contribution is 0.469. The molecular weight excluding hydrogens is 188 g/mol. The number of nitrogens with zero attached hydrogens (tertiary/aromatic N) is 4. The maximum absolute atomic E-state index is 4.06. The van der Waals surface area contributed by atoms with Gasteiger partial charge in [-0.3, -0.25) is 0 Å². The molecule has 4 heteroatoms. The maximum Gasteiger partial charge on any atom is 0.162 e. The van der Waals surface area contributed by atoms with Crippen molar-refractivity contribution in [3.05, 3.63) is 18.9 Å². The lowest BCUT2D eigenvalue weighted by atomic mass is 10.0. The molecule has 0 spiro atoms. The van der Waals surface area contributed by atoms with Crippen LogP contribution in [0.5, 0.6) is 0 Å². The Morgan fingerprint density at radius 2 is 1.73 bits per heavy atom. The second-order valence-corrected chi connectivity index (χ2v) is 5.09. The first kappa shape index (κ1) is 11.6. The second kappa shape index (κ2) is 4.38. The summed E-state index contributed by atoms with van der Waals surface area (Å²) >= 11 is 0. The summed E-state index contributed by atoms with van der Waals surface area (Å²) in [5.74, 6) is 0. The van der Waals surface area contributed by atoms with Crippen LogP contribution in [-0.4, -0.2) is 19.5 Å². The summed E-state index contributed by atoms with van der Waals surface area (Å²) in [4.78, 5) is 11.9. The highest BCUT2D eigenvalue weighted by molar-refractivity contribution is 5.68. The number of hydrogen-bond acceptors (Lipinski definition) is 3. The molecule has 0 aliphatic rings. The zero-order valence-corrected chi connectivity index (χ0v) is 10.0. The fourth-order valence-electron chi connectivity index (χ4n) is 0.882. The van der Waals surface area contributed by atoms with Gasteiger partial charge in [-0.25, -0.2) is 15.0 Å². The van der Waals surface area contributed by atoms with Crippen molar-refractivity contribution in [1.82, 2.24) is 19.5 Å². The van der Waals surface area contributed by atoms with E-state index >= 15 is 0 Å². The first-order valence-electron chi connectivity index (χ1n) is 4.95. The van der Waals surface area contributed by atoms with Gasteiger partial charge < -0.3 is 4.57 Å². The van der Waals surface area contributed by atoms with Crippen molar-refractivity contribution >= 4 is 11.2 Å². The van der Waals surface area contributed by atoms with Gasteiger partial charge in [-0.1, -0.05) is 27.7 Å². The van der Waals surface area contributed by atoms with E-state index in [9.17, 15) is 0 Å². The normalized spacial score (nSPS) is 11.0. The maximum atomic E-state index is 4.06. The fourth-order valence-corrected chi connectivity index (χ4v) is 0.882. The number of rotatable bonds is 0. The van der Waals surface area contributed by atoms with E-state index in [1.165, 1.54) is 6.33 Å². The molecule has 0 aliphatic carbocycles. The minimum absolute atomic E-state index is 0.500. The first-order valence-corrected chi connectivity index (χ1v) is 4.95. The van der Waals surface area contributed by atoms with Gasteiger partial charge in [0.05, 0.1) is 12.5 Å². The molecule has 0 aliphatic heterocycles. The molecule has 2 rings (SSSR count). The van der Waals surface area contributed by atoms with E-state index < -0.39 is 0 Å². The van der Waals surface area contributed by atoms with Crippen LogP contribution in [-0.2, 0) is 7.05 Å². The number of imidazole rings is 1. The van der Waals surface area contributed by atoms with E-state index in [0.29, 0.717) is 5.41 Å². The quantitative estimate of drug-likeness (QED) is 0.665. The van der Waals surface area contributed by atoms with Gasteiger partial charge in [-0.15, -0.1) is 0 Å². The molecule has 82 valence electrons. The van der Waals surface area contributed by atoms with E-state index in [-0.39, 0.29) is 0 Å². The van der Waals surface area contributed by atoms with Gasteiger partial charge in [0.1, 0.15) is 11.8 Å². The van der Waals surface area contributed by atoms with Crippen LogP contribution in [0.3, 0.4) is 0 Å². The molecule has 15 heavy (non-hydrogen) atoms. The molecule has 2 aromatic heterocycles. The second-order valence-electron chi connectivity index (χ2n) is 5.09. The molecule has 0 aromatic carbocycles. The van der Waals surface area contributed by atoms with Gasteiger partial charge in [-0.05, 0) is 5.41 Å². The van der Waals surface area contributed by atoms with Gasteiger partial charge in [0.15, 0.2) is 5.65 Å². The minimum Gasteiger partial charge on any atom is -0.318 e. The highest BCUT2D eigenvalue weighted by Gasteiger charge is 1.96. The Morgan fingerprint density at radius 3 is 2.27 bits per heavy atom. The number of aromatic nitrogens is 4. The third-order valence-corrected chi connectivity index (χ3v) is 1.38. The summed E-state index contributed by atoms with van der Waals surface area (Å²) < 4.78 is 1.86. The average molecular weight is 206 g/mol. The highest BCUT2D eigenvalue weighted by Crippen LogP contribution is 2.08. The van der Waals surface area contributed by atoms with E-state index in [2.05, 4.69) is 42.6 Å². The summed E-state index contributed by atoms with van der Waals surface area (Å²) in [5.41, 5.74) is 2.21. The van der Waals surface area contributed by atoms with Gasteiger partial charge in [0.2, 0.25) is 0 Å². The molecule has 0 saturated carbocycles. The number of aryl methyl sites for hydroxylation is 1. The summed E-state index contributed by atoms with van der Waals surface area (Å²) in [6.45, 7) is 8.75. The van der Waals surface area contributed by atoms with Crippen LogP contribution in [0.1, 0.15) is 27.7 Å². The average Bonchev–Trinajstić information content (AvgIpc) is 2.46. The van der Waals surface area contributed by atoms with Crippen molar-refractivity contribution in [2.24, 2.45) is 12.5 Å². The van der Waals surface area contributed by atoms with Crippen molar-refractivity contribution in [3.63, 3.8) is 0 Å². The van der Waals surface area contributed by atoms with Gasteiger partial charge in [0.25, 0.3) is 0 Å². The highest BCUT2D eigenvalue weighted by atomic mass is 15.1. The Bertz CT molecular complexity index is 419. The molecule has 2 aromatic rings. The van der Waals surface area contributed by atoms with Gasteiger partial charge in [0, 0.05) is 7.05 Å². The number of fused-ring (bicyclic) bond motifs is 1. The van der Waals surface area contributed by atoms with Gasteiger partial charge >= 0.3 is 0 Å². The van der Waals surface area contributed by atoms with Crippen LogP contribution in [0.15, 0.2) is 18.9 Å². The van der Waals surface area contributed by atoms with Crippen LogP contribution >= 0.6 is 0 Å². The molecule has 4 nitrogen and oxygen atoms in total. The molecule has 0 unspecified atom stereocenters. The summed E-state index contributed by atoms with van der Waals surface area (Å²) in [5, 5.41) is 0.